The molecule has 5 rings (SSSR count). The van der Waals surface area contributed by atoms with Gasteiger partial charge in [-0.05, 0) is 0 Å². The molecule has 248 valence electrons. The molecule has 0 radical (unpaired) electrons. The number of β-lactam (4-membered cyclic amide) rings is 1. The molecule has 0 unspecified atom stereocenters. The summed E-state index contributed by atoms with van der Waals surface area (Å²) >= 11 is -3.61. The van der Waals surface area contributed by atoms with Crippen LogP contribution in [0.4, 0.5) is 0 Å². The summed E-state index contributed by atoms with van der Waals surface area (Å²) in [6.45, 7) is 6.47. The minimum absolute atomic E-state index is 0.146. The molecule has 47 heavy (non-hydrogen) atoms. The Bertz CT molecular complexity index is 1650. The molecule has 2 aliphatic heterocycles. The van der Waals surface area contributed by atoms with Gasteiger partial charge >= 0.3 is 285 Å². The maximum absolute atomic E-state index is 14.8. The van der Waals surface area contributed by atoms with Crippen molar-refractivity contribution < 1.29 is 22.7 Å². The summed E-state index contributed by atoms with van der Waals surface area (Å²) in [5.41, 5.74) is 2.45. The molecule has 0 spiro atoms. The Labute approximate surface area is 283 Å². The Morgan fingerprint density at radius 3 is 1.89 bits per heavy atom. The van der Waals surface area contributed by atoms with E-state index >= 15 is 0 Å². The number of esters is 1. The monoisotopic (exact) mass is 762 g/mol. The summed E-state index contributed by atoms with van der Waals surface area (Å²) in [4.78, 5) is 34.4. The summed E-state index contributed by atoms with van der Waals surface area (Å²) < 4.78 is 38.6. The van der Waals surface area contributed by atoms with E-state index in [-0.39, 0.29) is 17.0 Å². The zero-order valence-electron chi connectivity index (χ0n) is 27.7. The molecule has 0 saturated carbocycles. The van der Waals surface area contributed by atoms with Gasteiger partial charge < -0.3 is 0 Å². The van der Waals surface area contributed by atoms with Crippen molar-refractivity contribution in [2.24, 2.45) is 0 Å². The summed E-state index contributed by atoms with van der Waals surface area (Å²) in [6, 6.07) is 24.4. The van der Waals surface area contributed by atoms with Crippen LogP contribution in [0.15, 0.2) is 99.9 Å². The number of amides is 1. The third-order valence-electron chi connectivity index (χ3n) is 9.46. The molecule has 1 fully saturated rings. The van der Waals surface area contributed by atoms with Gasteiger partial charge in [0.15, 0.2) is 0 Å². The molecule has 2 aromatic carbocycles. The van der Waals surface area contributed by atoms with E-state index in [0.29, 0.717) is 5.69 Å². The zero-order chi connectivity index (χ0) is 33.4. The van der Waals surface area contributed by atoms with Crippen molar-refractivity contribution in [2.45, 2.75) is 84.1 Å². The van der Waals surface area contributed by atoms with Crippen molar-refractivity contribution in [3.8, 4) is 0 Å². The van der Waals surface area contributed by atoms with Gasteiger partial charge in [0.1, 0.15) is 0 Å². The Morgan fingerprint density at radius 2 is 1.40 bits per heavy atom. The van der Waals surface area contributed by atoms with Gasteiger partial charge in [-0.15, -0.1) is 0 Å². The van der Waals surface area contributed by atoms with Crippen LogP contribution in [0, 0.1) is 0 Å². The number of pyridine rings is 1. The van der Waals surface area contributed by atoms with E-state index in [1.165, 1.54) is 4.90 Å². The summed E-state index contributed by atoms with van der Waals surface area (Å²) in [5, 5.41) is -1.23. The van der Waals surface area contributed by atoms with Crippen molar-refractivity contribution in [1.29, 1.82) is 0 Å². The molecule has 1 amide bonds. The molecule has 0 bridgehead atoms. The quantitative estimate of drug-likeness (QED) is 0.0674. The van der Waals surface area contributed by atoms with Crippen LogP contribution in [0.1, 0.15) is 82.2 Å². The fourth-order valence-corrected chi connectivity index (χ4v) is 29.0. The summed E-state index contributed by atoms with van der Waals surface area (Å²) in [5.74, 6) is -1.28. The van der Waals surface area contributed by atoms with E-state index in [0.717, 1.165) is 66.6 Å². The number of carbonyl (C=O) groups is 2. The minimum atomic E-state index is -3.84. The van der Waals surface area contributed by atoms with Crippen LogP contribution < -0.4 is 0 Å². The van der Waals surface area contributed by atoms with Gasteiger partial charge in [-0.1, -0.05) is 0 Å². The fourth-order valence-electron chi connectivity index (χ4n) is 6.99. The maximum atomic E-state index is 14.8. The summed E-state index contributed by atoms with van der Waals surface area (Å²) in [6.07, 6.45) is 8.34. The Balaban J connectivity index is 1.69. The van der Waals surface area contributed by atoms with Gasteiger partial charge in [-0.2, -0.15) is 0 Å². The van der Waals surface area contributed by atoms with Crippen LogP contribution >= 0.6 is 0 Å². The van der Waals surface area contributed by atoms with E-state index < -0.39 is 51.6 Å². The van der Waals surface area contributed by atoms with E-state index in [1.807, 2.05) is 60.7 Å². The number of unbranched alkanes of at least 4 members (excludes halogenated alkanes) is 3. The number of carbonyl (C=O) groups excluding carboxylic acids is 2. The number of benzene rings is 2. The molecule has 3 heterocycles. The Hall–Kier alpha value is -3.24. The predicted octanol–water partition coefficient (Wildman–Crippen LogP) is 8.04. The number of ether oxygens (including phenoxy) is 1. The second kappa shape index (κ2) is 15.8. The summed E-state index contributed by atoms with van der Waals surface area (Å²) in [7, 11) is -3.84. The van der Waals surface area contributed by atoms with Gasteiger partial charge in [0.2, 0.25) is 0 Å². The average molecular weight is 762 g/mol. The first kappa shape index (κ1) is 35.1. The number of hydrogen-bond donors (Lipinski definition) is 0. The SMILES string of the molecule is CCC[CH2][Sn]([CH2]CCC)([CH2]CCC)[C]1=C(C(=O)OC(c2ccccc2)c2ccccc2)N2C(=O)/C(=C/c3ccccn3)[C@H]2S(=O)(=O)C1. The van der Waals surface area contributed by atoms with Crippen LogP contribution in [0.3, 0.4) is 0 Å². The molecule has 9 heteroatoms. The van der Waals surface area contributed by atoms with Crippen molar-refractivity contribution in [3.05, 3.63) is 117 Å². The number of fused-ring (bicyclic) bond motifs is 1. The molecule has 0 aliphatic carbocycles. The number of nitrogens with zero attached hydrogens (tertiary/aromatic N) is 2. The molecule has 0 N–H and O–H groups in total. The van der Waals surface area contributed by atoms with Gasteiger partial charge in [0, 0.05) is 0 Å². The third-order valence-corrected chi connectivity index (χ3v) is 28.1. The van der Waals surface area contributed by atoms with Crippen molar-refractivity contribution >= 4 is 46.2 Å². The first-order chi connectivity index (χ1) is 22.8. The predicted molar refractivity (Wildman–Crippen MR) is 189 cm³/mol. The van der Waals surface area contributed by atoms with Gasteiger partial charge in [-0.25, -0.2) is 0 Å². The van der Waals surface area contributed by atoms with Crippen molar-refractivity contribution in [3.63, 3.8) is 0 Å². The molecule has 3 aromatic rings. The molecule has 1 saturated heterocycles. The topological polar surface area (TPSA) is 93.6 Å². The standard InChI is InChI=1S/C26H19N2O5S.3C4H9.Sn/c29-24-21(17-20-13-7-8-15-27-20)25-28(24)22(14-16-34(25,31)32)26(30)33-23(18-9-3-1-4-10-18)19-11-5-2-6-12-19;3*1-3-4-2;/h1-13,15,17,23,25H,16H2;3*1,3-4H2,2H3;/b21-17-;;;;/t25-;;;;/m1..../s1. The molecular weight excluding hydrogens is 715 g/mol. The van der Waals surface area contributed by atoms with E-state index in [2.05, 4.69) is 25.8 Å². The Morgan fingerprint density at radius 1 is 0.872 bits per heavy atom. The Kier molecular flexibility index (Phi) is 11.8. The number of aromatic nitrogens is 1. The van der Waals surface area contributed by atoms with Crippen molar-refractivity contribution in [1.82, 2.24) is 9.88 Å². The second-order valence-electron chi connectivity index (χ2n) is 12.7. The molecule has 1 aromatic heterocycles. The normalized spacial score (nSPS) is 18.3. The van der Waals surface area contributed by atoms with Gasteiger partial charge in [0.25, 0.3) is 0 Å². The first-order valence-corrected chi connectivity index (χ1v) is 26.2. The third kappa shape index (κ3) is 7.59. The van der Waals surface area contributed by atoms with Crippen molar-refractivity contribution in [2.75, 3.05) is 5.75 Å². The molecule has 2 aliphatic rings. The van der Waals surface area contributed by atoms with Crippen LogP contribution in [-0.4, -0.2) is 59.7 Å². The van der Waals surface area contributed by atoms with Crippen LogP contribution in [-0.2, 0) is 24.2 Å². The van der Waals surface area contributed by atoms with Gasteiger partial charge in [-0.3, -0.25) is 0 Å². The van der Waals surface area contributed by atoms with E-state index in [9.17, 15) is 18.0 Å². The van der Waals surface area contributed by atoms with Gasteiger partial charge in [0.05, 0.1) is 0 Å². The van der Waals surface area contributed by atoms with E-state index in [4.69, 9.17) is 4.74 Å². The number of rotatable bonds is 15. The molecule has 7 nitrogen and oxygen atoms in total. The van der Waals surface area contributed by atoms with Crippen LogP contribution in [0.25, 0.3) is 6.08 Å². The molecule has 1 atom stereocenters. The first-order valence-electron chi connectivity index (χ1n) is 17.0. The van der Waals surface area contributed by atoms with Crippen LogP contribution in [0.5, 0.6) is 0 Å². The average Bonchev–Trinajstić information content (AvgIpc) is 3.10. The fraction of sp³-hybridized carbons (Fsp3) is 0.395. The number of hydrogen-bond acceptors (Lipinski definition) is 6. The van der Waals surface area contributed by atoms with Crippen LogP contribution in [0.2, 0.25) is 13.3 Å². The number of sulfone groups is 1. The van der Waals surface area contributed by atoms with E-state index in [1.54, 1.807) is 30.5 Å². The molecular formula is C38H46N2O5SSn. The second-order valence-corrected chi connectivity index (χ2v) is 28.1. The zero-order valence-corrected chi connectivity index (χ0v) is 31.4.